The Bertz CT molecular complexity index is 1440. The average molecular weight is 517 g/mol. The van der Waals surface area contributed by atoms with Crippen LogP contribution in [-0.2, 0) is 9.84 Å². The Morgan fingerprint density at radius 1 is 1.00 bits per heavy atom. The van der Waals surface area contributed by atoms with Gasteiger partial charge in [0.25, 0.3) is 5.91 Å². The molecule has 1 amide bonds. The summed E-state index contributed by atoms with van der Waals surface area (Å²) in [6, 6.07) is 16.7. The van der Waals surface area contributed by atoms with E-state index in [1.807, 2.05) is 12.1 Å². The van der Waals surface area contributed by atoms with Crippen molar-refractivity contribution in [1.82, 2.24) is 15.6 Å². The van der Waals surface area contributed by atoms with Gasteiger partial charge in [-0.2, -0.15) is 0 Å². The lowest BCUT2D eigenvalue weighted by atomic mass is 9.90. The van der Waals surface area contributed by atoms with Gasteiger partial charge in [-0.05, 0) is 93.2 Å². The maximum atomic E-state index is 12.9. The first-order valence-electron chi connectivity index (χ1n) is 12.5. The maximum absolute atomic E-state index is 12.9. The first kappa shape index (κ1) is 25.0. The summed E-state index contributed by atoms with van der Waals surface area (Å²) in [5.74, 6) is 0.935. The summed E-state index contributed by atoms with van der Waals surface area (Å²) < 4.78 is 25.8. The molecule has 3 aromatic rings. The van der Waals surface area contributed by atoms with Crippen LogP contribution in [-0.4, -0.2) is 37.6 Å². The first-order valence-corrected chi connectivity index (χ1v) is 14.0. The van der Waals surface area contributed by atoms with Crippen molar-refractivity contribution in [3.05, 3.63) is 77.5 Å². The molecule has 3 heterocycles. The zero-order valence-electron chi connectivity index (χ0n) is 20.9. The van der Waals surface area contributed by atoms with Crippen LogP contribution in [0.4, 0.5) is 23.0 Å². The number of amides is 1. The van der Waals surface area contributed by atoms with Crippen LogP contribution in [0, 0.1) is 0 Å². The summed E-state index contributed by atoms with van der Waals surface area (Å²) in [5, 5.41) is 13.2. The Balaban J connectivity index is 1.48. The quantitative estimate of drug-likeness (QED) is 0.407. The van der Waals surface area contributed by atoms with Crippen molar-refractivity contribution in [2.45, 2.75) is 42.8 Å². The molecule has 1 aromatic heterocycles. The number of nitrogens with zero attached hydrogens (tertiary/aromatic N) is 2. The number of hydrogen-bond acceptors (Lipinski definition) is 7. The van der Waals surface area contributed by atoms with E-state index in [1.165, 1.54) is 11.8 Å². The fourth-order valence-corrected chi connectivity index (χ4v) is 5.87. The number of hydrogen-bond donors (Lipinski definition) is 3. The number of carbonyl (C=O) groups is 1. The number of aromatic nitrogens is 1. The van der Waals surface area contributed by atoms with E-state index >= 15 is 0 Å². The smallest absolute Gasteiger partial charge is 0.281 e. The average Bonchev–Trinajstić information content (AvgIpc) is 2.90. The highest BCUT2D eigenvalue weighted by Gasteiger charge is 2.25. The molecule has 0 saturated carbocycles. The topological polar surface area (TPSA) is 114 Å². The Labute approximate surface area is 217 Å². The number of nitrogens with one attached hydrogen (secondary N) is 3. The van der Waals surface area contributed by atoms with Gasteiger partial charge >= 0.3 is 0 Å². The molecule has 2 aliphatic rings. The standard InChI is InChI=1S/C28H30N5O3S/c1-18(2)37(35,36)24-6-4-3-5-23(24)32-25-17-21-13-16-30-28(34)26(21)27(33-25)31-22-9-7-19(8-10-22)20-11-14-29-15-12-20/h3-10,13,16-18,20,29H,11-12,14-15H2,1-2H3,(H2,31,32,33). The van der Waals surface area contributed by atoms with E-state index in [-0.39, 0.29) is 10.8 Å². The number of piperidine rings is 1. The van der Waals surface area contributed by atoms with Gasteiger partial charge in [0, 0.05) is 11.9 Å². The Morgan fingerprint density at radius 3 is 2.46 bits per heavy atom. The molecule has 2 aromatic carbocycles. The van der Waals surface area contributed by atoms with Gasteiger partial charge < -0.3 is 16.0 Å². The van der Waals surface area contributed by atoms with E-state index in [0.29, 0.717) is 34.4 Å². The lowest BCUT2D eigenvalue weighted by molar-refractivity contribution is 0.0965. The summed E-state index contributed by atoms with van der Waals surface area (Å²) in [5.41, 5.74) is 3.55. The van der Waals surface area contributed by atoms with Gasteiger partial charge in [-0.25, -0.2) is 18.7 Å². The monoisotopic (exact) mass is 516 g/mol. The molecule has 2 aliphatic heterocycles. The Kier molecular flexibility index (Phi) is 6.99. The van der Waals surface area contributed by atoms with Crippen molar-refractivity contribution in [3.63, 3.8) is 0 Å². The van der Waals surface area contributed by atoms with Crippen LogP contribution in [0.2, 0.25) is 0 Å². The number of carbonyl (C=O) groups excluding carboxylic acids is 1. The van der Waals surface area contributed by atoms with Gasteiger partial charge in [-0.3, -0.25) is 4.79 Å². The van der Waals surface area contributed by atoms with E-state index in [9.17, 15) is 13.2 Å². The second-order valence-corrected chi connectivity index (χ2v) is 12.0. The van der Waals surface area contributed by atoms with Crippen LogP contribution in [0.3, 0.4) is 0 Å². The molecule has 0 atom stereocenters. The number of para-hydroxylation sites is 1. The molecule has 0 bridgehead atoms. The fourth-order valence-electron chi connectivity index (χ4n) is 4.67. The zero-order valence-corrected chi connectivity index (χ0v) is 21.7. The molecular formula is C28H30N5O3S. The van der Waals surface area contributed by atoms with Gasteiger partial charge in [0.15, 0.2) is 9.84 Å². The number of benzene rings is 2. The first-order chi connectivity index (χ1) is 17.8. The molecule has 37 heavy (non-hydrogen) atoms. The van der Waals surface area contributed by atoms with Crippen molar-refractivity contribution in [3.8, 4) is 0 Å². The predicted octanol–water partition coefficient (Wildman–Crippen LogP) is 4.95. The van der Waals surface area contributed by atoms with E-state index in [2.05, 4.69) is 38.4 Å². The molecule has 9 heteroatoms. The van der Waals surface area contributed by atoms with Crippen LogP contribution in [0.1, 0.15) is 54.1 Å². The molecule has 1 saturated heterocycles. The maximum Gasteiger partial charge on any atom is 0.281 e. The molecule has 1 radical (unpaired) electrons. The molecule has 0 unspecified atom stereocenters. The van der Waals surface area contributed by atoms with E-state index in [1.54, 1.807) is 50.3 Å². The lowest BCUT2D eigenvalue weighted by Gasteiger charge is -2.23. The second-order valence-electron chi connectivity index (χ2n) is 9.56. The van der Waals surface area contributed by atoms with Crippen LogP contribution in [0.15, 0.2) is 65.7 Å². The molecule has 1 fully saturated rings. The minimum Gasteiger partial charge on any atom is -0.339 e. The zero-order chi connectivity index (χ0) is 26.0. The van der Waals surface area contributed by atoms with Crippen molar-refractivity contribution in [1.29, 1.82) is 0 Å². The van der Waals surface area contributed by atoms with Gasteiger partial charge in [0.2, 0.25) is 0 Å². The van der Waals surface area contributed by atoms with Crippen molar-refractivity contribution in [2.24, 2.45) is 0 Å². The highest BCUT2D eigenvalue weighted by molar-refractivity contribution is 7.92. The summed E-state index contributed by atoms with van der Waals surface area (Å²) in [6.07, 6.45) is 5.44. The number of sulfone groups is 1. The van der Waals surface area contributed by atoms with Gasteiger partial charge in [-0.15, -0.1) is 0 Å². The molecule has 0 spiro atoms. The molecule has 8 nitrogen and oxygen atoms in total. The Morgan fingerprint density at radius 2 is 1.73 bits per heavy atom. The molecular weight excluding hydrogens is 486 g/mol. The van der Waals surface area contributed by atoms with Gasteiger partial charge in [-0.1, -0.05) is 24.3 Å². The predicted molar refractivity (Wildman–Crippen MR) is 146 cm³/mol. The summed E-state index contributed by atoms with van der Waals surface area (Å²) in [4.78, 5) is 17.6. The van der Waals surface area contributed by atoms with E-state index < -0.39 is 15.1 Å². The van der Waals surface area contributed by atoms with Gasteiger partial charge in [0.1, 0.15) is 11.6 Å². The molecule has 0 aliphatic carbocycles. The van der Waals surface area contributed by atoms with E-state index in [0.717, 1.165) is 31.6 Å². The van der Waals surface area contributed by atoms with Crippen molar-refractivity contribution < 1.29 is 13.2 Å². The summed E-state index contributed by atoms with van der Waals surface area (Å²) in [6.45, 7) is 5.37. The highest BCUT2D eigenvalue weighted by Crippen LogP contribution is 2.33. The highest BCUT2D eigenvalue weighted by atomic mass is 32.2. The molecule has 5 rings (SSSR count). The van der Waals surface area contributed by atoms with Crippen molar-refractivity contribution in [2.75, 3.05) is 23.7 Å². The van der Waals surface area contributed by atoms with Crippen LogP contribution in [0.5, 0.6) is 0 Å². The minimum absolute atomic E-state index is 0.203. The largest absolute Gasteiger partial charge is 0.339 e. The van der Waals surface area contributed by atoms with Crippen LogP contribution >= 0.6 is 0 Å². The normalized spacial score (nSPS) is 15.8. The summed E-state index contributed by atoms with van der Waals surface area (Å²) in [7, 11) is -3.52. The van der Waals surface area contributed by atoms with Crippen molar-refractivity contribution >= 4 is 44.8 Å². The van der Waals surface area contributed by atoms with Crippen LogP contribution in [0.25, 0.3) is 6.08 Å². The lowest BCUT2D eigenvalue weighted by Crippen LogP contribution is -2.26. The third-order valence-corrected chi connectivity index (χ3v) is 8.98. The fraction of sp³-hybridized carbons (Fsp3) is 0.286. The van der Waals surface area contributed by atoms with Crippen LogP contribution < -0.4 is 21.3 Å². The number of pyridine rings is 1. The third kappa shape index (κ3) is 5.23. The minimum atomic E-state index is -3.52. The Hall–Kier alpha value is -3.69. The second kappa shape index (κ2) is 10.4. The van der Waals surface area contributed by atoms with E-state index in [4.69, 9.17) is 0 Å². The van der Waals surface area contributed by atoms with Gasteiger partial charge in [0.05, 0.1) is 21.4 Å². The number of anilines is 4. The number of rotatable bonds is 7. The molecule has 191 valence electrons. The SMILES string of the molecule is CC(C)S(=O)(=O)c1ccccc1Nc1cc2c(c(Nc3ccc(C4CCNCC4)cc3)n1)C(=O)[N]C=C2. The summed E-state index contributed by atoms with van der Waals surface area (Å²) >= 11 is 0. The number of fused-ring (bicyclic) bond motifs is 1. The molecule has 3 N–H and O–H groups in total. The third-order valence-electron chi connectivity index (χ3n) is 6.77.